The fourth-order valence-electron chi connectivity index (χ4n) is 3.62. The second kappa shape index (κ2) is 8.75. The summed E-state index contributed by atoms with van der Waals surface area (Å²) in [5.41, 5.74) is 3.08. The van der Waals surface area contributed by atoms with Gasteiger partial charge in [0.1, 0.15) is 18.1 Å². The molecular weight excluding hydrogens is 449 g/mol. The quantitative estimate of drug-likeness (QED) is 0.328. The van der Waals surface area contributed by atoms with Crippen LogP contribution in [0.3, 0.4) is 0 Å². The molecule has 6 aromatic rings. The molecule has 0 atom stereocenters. The maximum absolute atomic E-state index is 13.2. The topological polar surface area (TPSA) is 100 Å². The zero-order valence-electron chi connectivity index (χ0n) is 18.1. The van der Waals surface area contributed by atoms with E-state index in [9.17, 15) is 4.39 Å². The highest BCUT2D eigenvalue weighted by atomic mass is 19.1. The smallest absolute Gasteiger partial charge is 0.311 e. The van der Waals surface area contributed by atoms with Crippen LogP contribution in [0.1, 0.15) is 5.82 Å². The van der Waals surface area contributed by atoms with Crippen LogP contribution >= 0.6 is 0 Å². The van der Waals surface area contributed by atoms with Crippen molar-refractivity contribution in [3.05, 3.63) is 97.1 Å². The van der Waals surface area contributed by atoms with Crippen LogP contribution in [-0.4, -0.2) is 34.8 Å². The molecule has 2 aromatic carbocycles. The molecule has 0 amide bonds. The standard InChI is InChI=1S/C25H16FN7O2/c26-25-28-13-11-24(29-25)35-17-6-7-18-20(14-17)27-12-10-21(18)34-15-23-31-30-22-9-8-19(32-33(22)23)16-4-2-1-3-5-16/h1-14H,15H2. The summed E-state index contributed by atoms with van der Waals surface area (Å²) >= 11 is 0. The van der Waals surface area contributed by atoms with E-state index >= 15 is 0 Å². The molecule has 35 heavy (non-hydrogen) atoms. The van der Waals surface area contributed by atoms with Gasteiger partial charge in [0.15, 0.2) is 11.5 Å². The summed E-state index contributed by atoms with van der Waals surface area (Å²) in [6.07, 6.45) is 2.07. The lowest BCUT2D eigenvalue weighted by Gasteiger charge is -2.10. The van der Waals surface area contributed by atoms with Crippen molar-refractivity contribution >= 4 is 16.6 Å². The van der Waals surface area contributed by atoms with Crippen molar-refractivity contribution in [3.8, 4) is 28.6 Å². The van der Waals surface area contributed by atoms with Crippen LogP contribution < -0.4 is 9.47 Å². The number of ether oxygens (including phenoxy) is 2. The molecule has 4 heterocycles. The molecule has 10 heteroatoms. The van der Waals surface area contributed by atoms with Gasteiger partial charge in [-0.1, -0.05) is 30.3 Å². The average Bonchev–Trinajstić information content (AvgIpc) is 3.30. The van der Waals surface area contributed by atoms with Crippen molar-refractivity contribution < 1.29 is 13.9 Å². The van der Waals surface area contributed by atoms with E-state index in [1.807, 2.05) is 48.5 Å². The van der Waals surface area contributed by atoms with Crippen molar-refractivity contribution in [1.29, 1.82) is 0 Å². The third kappa shape index (κ3) is 4.20. The fourth-order valence-corrected chi connectivity index (χ4v) is 3.62. The SMILES string of the molecule is Fc1nccc(Oc2ccc3c(OCc4nnc5ccc(-c6ccccc6)nn45)ccnc3c2)n1. The maximum atomic E-state index is 13.2. The molecule has 0 radical (unpaired) electrons. The Balaban J connectivity index is 1.25. The Labute approximate surface area is 197 Å². The van der Waals surface area contributed by atoms with Crippen LogP contribution in [0.2, 0.25) is 0 Å². The second-order valence-corrected chi connectivity index (χ2v) is 7.51. The summed E-state index contributed by atoms with van der Waals surface area (Å²) in [4.78, 5) is 11.4. The molecule has 0 aliphatic carbocycles. The summed E-state index contributed by atoms with van der Waals surface area (Å²) in [5, 5.41) is 13.9. The Morgan fingerprint density at radius 3 is 2.63 bits per heavy atom. The third-order valence-corrected chi connectivity index (χ3v) is 5.25. The summed E-state index contributed by atoms with van der Waals surface area (Å²) in [6, 6.07) is 22.2. The highest BCUT2D eigenvalue weighted by Crippen LogP contribution is 2.29. The first kappa shape index (κ1) is 20.6. The molecule has 170 valence electrons. The Morgan fingerprint density at radius 1 is 0.857 bits per heavy atom. The van der Waals surface area contributed by atoms with E-state index in [2.05, 4.69) is 30.2 Å². The molecular formula is C25H16FN7O2. The molecule has 0 aliphatic heterocycles. The molecule has 4 aromatic heterocycles. The van der Waals surface area contributed by atoms with Gasteiger partial charge in [0.25, 0.3) is 0 Å². The molecule has 6 rings (SSSR count). The molecule has 0 spiro atoms. The number of nitrogens with zero attached hydrogens (tertiary/aromatic N) is 7. The van der Waals surface area contributed by atoms with E-state index in [4.69, 9.17) is 9.47 Å². The predicted octanol–water partition coefficient (Wildman–Crippen LogP) is 4.64. The predicted molar refractivity (Wildman–Crippen MR) is 124 cm³/mol. The van der Waals surface area contributed by atoms with E-state index in [0.29, 0.717) is 28.5 Å². The fraction of sp³-hybridized carbons (Fsp3) is 0.0400. The number of hydrogen-bond donors (Lipinski definition) is 0. The van der Waals surface area contributed by atoms with Crippen molar-refractivity contribution in [1.82, 2.24) is 34.8 Å². The zero-order chi connectivity index (χ0) is 23.6. The Hall–Kier alpha value is -4.99. The lowest BCUT2D eigenvalue weighted by atomic mass is 10.1. The van der Waals surface area contributed by atoms with Crippen molar-refractivity contribution in [2.24, 2.45) is 0 Å². The average molecular weight is 465 g/mol. The summed E-state index contributed by atoms with van der Waals surface area (Å²) in [7, 11) is 0. The van der Waals surface area contributed by atoms with Gasteiger partial charge in [0, 0.05) is 35.5 Å². The van der Waals surface area contributed by atoms with Crippen LogP contribution in [0.15, 0.2) is 85.2 Å². The minimum absolute atomic E-state index is 0.102. The van der Waals surface area contributed by atoms with Gasteiger partial charge in [-0.05, 0) is 30.3 Å². The van der Waals surface area contributed by atoms with Crippen molar-refractivity contribution in [2.75, 3.05) is 0 Å². The zero-order valence-corrected chi connectivity index (χ0v) is 18.1. The van der Waals surface area contributed by atoms with E-state index in [1.165, 1.54) is 12.3 Å². The van der Waals surface area contributed by atoms with Crippen molar-refractivity contribution in [3.63, 3.8) is 0 Å². The highest BCUT2D eigenvalue weighted by molar-refractivity contribution is 5.86. The summed E-state index contributed by atoms with van der Waals surface area (Å²) in [6.45, 7) is 0.157. The van der Waals surface area contributed by atoms with Gasteiger partial charge in [0.2, 0.25) is 5.88 Å². The molecule has 0 saturated carbocycles. The van der Waals surface area contributed by atoms with E-state index in [-0.39, 0.29) is 12.5 Å². The van der Waals surface area contributed by atoms with Gasteiger partial charge in [-0.25, -0.2) is 4.98 Å². The van der Waals surface area contributed by atoms with Crippen LogP contribution in [0.4, 0.5) is 4.39 Å². The first-order chi connectivity index (χ1) is 17.2. The number of benzene rings is 2. The van der Waals surface area contributed by atoms with E-state index in [1.54, 1.807) is 28.9 Å². The first-order valence-electron chi connectivity index (χ1n) is 10.7. The van der Waals surface area contributed by atoms with Gasteiger partial charge < -0.3 is 9.47 Å². The molecule has 9 nitrogen and oxygen atoms in total. The minimum atomic E-state index is -0.858. The molecule has 0 bridgehead atoms. The number of aromatic nitrogens is 7. The number of rotatable bonds is 6. The van der Waals surface area contributed by atoms with E-state index < -0.39 is 6.08 Å². The molecule has 0 fully saturated rings. The monoisotopic (exact) mass is 465 g/mol. The lowest BCUT2D eigenvalue weighted by molar-refractivity contribution is 0.296. The summed E-state index contributed by atoms with van der Waals surface area (Å²) < 4.78 is 26.6. The van der Waals surface area contributed by atoms with Crippen LogP contribution in [0.25, 0.3) is 27.8 Å². The number of pyridine rings is 1. The van der Waals surface area contributed by atoms with Crippen molar-refractivity contribution in [2.45, 2.75) is 6.61 Å². The van der Waals surface area contributed by atoms with Crippen LogP contribution in [0, 0.1) is 6.08 Å². The number of fused-ring (bicyclic) bond motifs is 2. The molecule has 0 aliphatic rings. The van der Waals surface area contributed by atoms with Gasteiger partial charge >= 0.3 is 6.08 Å². The molecule has 0 unspecified atom stereocenters. The van der Waals surface area contributed by atoms with Crippen LogP contribution in [-0.2, 0) is 6.61 Å². The normalized spacial score (nSPS) is 11.1. The van der Waals surface area contributed by atoms with Gasteiger partial charge in [-0.2, -0.15) is 19.0 Å². The summed E-state index contributed by atoms with van der Waals surface area (Å²) in [5.74, 6) is 1.74. The van der Waals surface area contributed by atoms with Gasteiger partial charge in [0.05, 0.1) is 11.2 Å². The highest BCUT2D eigenvalue weighted by Gasteiger charge is 2.12. The van der Waals surface area contributed by atoms with Gasteiger partial charge in [-0.15, -0.1) is 10.2 Å². The van der Waals surface area contributed by atoms with E-state index in [0.717, 1.165) is 16.6 Å². The molecule has 0 saturated heterocycles. The third-order valence-electron chi connectivity index (χ3n) is 5.25. The second-order valence-electron chi connectivity index (χ2n) is 7.51. The largest absolute Gasteiger partial charge is 0.485 e. The van der Waals surface area contributed by atoms with Gasteiger partial charge in [-0.3, -0.25) is 4.98 Å². The lowest BCUT2D eigenvalue weighted by Crippen LogP contribution is -2.05. The maximum Gasteiger partial charge on any atom is 0.311 e. The number of hydrogen-bond acceptors (Lipinski definition) is 8. The Bertz CT molecular complexity index is 1660. The van der Waals surface area contributed by atoms with Crippen LogP contribution in [0.5, 0.6) is 17.4 Å². The Kier molecular flexibility index (Phi) is 5.15. The first-order valence-corrected chi connectivity index (χ1v) is 10.7. The molecule has 0 N–H and O–H groups in total. The Morgan fingerprint density at radius 2 is 1.74 bits per heavy atom. The number of halogens is 1. The minimum Gasteiger partial charge on any atom is -0.485 e.